The van der Waals surface area contributed by atoms with Gasteiger partial charge in [0.1, 0.15) is 0 Å². The van der Waals surface area contributed by atoms with Gasteiger partial charge >= 0.3 is 5.97 Å². The Morgan fingerprint density at radius 2 is 2.13 bits per heavy atom. The summed E-state index contributed by atoms with van der Waals surface area (Å²) in [7, 11) is 2.00. The summed E-state index contributed by atoms with van der Waals surface area (Å²) in [6.45, 7) is 6.57. The first-order valence-corrected chi connectivity index (χ1v) is 5.77. The minimum Gasteiger partial charge on any atom is -0.481 e. The van der Waals surface area contributed by atoms with Crippen LogP contribution in [0, 0.1) is 5.92 Å². The number of hydrogen-bond acceptors (Lipinski definition) is 3. The molecule has 0 aromatic heterocycles. The molecule has 0 aromatic rings. The largest absolute Gasteiger partial charge is 0.481 e. The summed E-state index contributed by atoms with van der Waals surface area (Å²) in [5, 5.41) is 9.07. The molecule has 0 bridgehead atoms. The summed E-state index contributed by atoms with van der Waals surface area (Å²) in [6.07, 6.45) is 2.33. The van der Waals surface area contributed by atoms with Crippen molar-refractivity contribution in [1.82, 2.24) is 9.80 Å². The van der Waals surface area contributed by atoms with Crippen LogP contribution in [0.4, 0.5) is 0 Å². The molecular weight excluding hydrogens is 192 g/mol. The fraction of sp³-hybridized carbons (Fsp3) is 0.909. The van der Waals surface area contributed by atoms with Crippen LogP contribution in [0.2, 0.25) is 0 Å². The summed E-state index contributed by atoms with van der Waals surface area (Å²) in [6, 6.07) is 0. The molecule has 0 radical (unpaired) electrons. The lowest BCUT2D eigenvalue weighted by Gasteiger charge is -2.21. The molecule has 4 heteroatoms. The maximum absolute atomic E-state index is 11.0. The highest BCUT2D eigenvalue weighted by Gasteiger charge is 2.25. The van der Waals surface area contributed by atoms with Crippen molar-refractivity contribution in [2.24, 2.45) is 5.92 Å². The van der Waals surface area contributed by atoms with Gasteiger partial charge in [0.25, 0.3) is 0 Å². The lowest BCUT2D eigenvalue weighted by atomic mass is 10.1. The third-order valence-corrected chi connectivity index (χ3v) is 2.99. The molecular formula is C11H22N2O2. The van der Waals surface area contributed by atoms with Crippen molar-refractivity contribution < 1.29 is 9.90 Å². The molecule has 88 valence electrons. The second-order valence-electron chi connectivity index (χ2n) is 4.45. The van der Waals surface area contributed by atoms with E-state index < -0.39 is 5.97 Å². The summed E-state index contributed by atoms with van der Waals surface area (Å²) in [5.74, 6) is -0.889. The number of aliphatic carboxylic acids is 1. The van der Waals surface area contributed by atoms with Crippen LogP contribution in [0.25, 0.3) is 0 Å². The molecule has 1 fully saturated rings. The zero-order valence-electron chi connectivity index (χ0n) is 9.78. The molecule has 15 heavy (non-hydrogen) atoms. The molecule has 0 saturated carbocycles. The molecule has 0 aromatic carbocycles. The molecule has 1 unspecified atom stereocenters. The predicted octanol–water partition coefficient (Wildman–Crippen LogP) is 0.735. The smallest absolute Gasteiger partial charge is 0.309 e. The average molecular weight is 214 g/mol. The molecule has 0 aliphatic carbocycles. The minimum atomic E-state index is -0.662. The molecule has 1 heterocycles. The zero-order chi connectivity index (χ0) is 11.3. The molecule has 1 aliphatic heterocycles. The highest BCUT2D eigenvalue weighted by Crippen LogP contribution is 2.09. The lowest BCUT2D eigenvalue weighted by Crippen LogP contribution is -2.34. The highest BCUT2D eigenvalue weighted by atomic mass is 16.4. The van der Waals surface area contributed by atoms with Crippen LogP contribution < -0.4 is 0 Å². The second-order valence-corrected chi connectivity index (χ2v) is 4.45. The van der Waals surface area contributed by atoms with E-state index in [1.807, 2.05) is 7.05 Å². The number of likely N-dealkylation sites (N-methyl/N-ethyl adjacent to an activating group) is 1. The number of carboxylic acids is 1. The van der Waals surface area contributed by atoms with Crippen molar-refractivity contribution in [3.8, 4) is 0 Å². The van der Waals surface area contributed by atoms with Gasteiger partial charge in [-0.1, -0.05) is 13.3 Å². The average Bonchev–Trinajstić information content (AvgIpc) is 2.37. The van der Waals surface area contributed by atoms with Crippen molar-refractivity contribution >= 4 is 5.97 Å². The van der Waals surface area contributed by atoms with Crippen molar-refractivity contribution in [3.63, 3.8) is 0 Å². The van der Waals surface area contributed by atoms with Gasteiger partial charge in [-0.2, -0.15) is 0 Å². The zero-order valence-corrected chi connectivity index (χ0v) is 9.78. The summed E-state index contributed by atoms with van der Waals surface area (Å²) < 4.78 is 0. The van der Waals surface area contributed by atoms with Gasteiger partial charge in [-0.15, -0.1) is 0 Å². The summed E-state index contributed by atoms with van der Waals surface area (Å²) in [4.78, 5) is 15.4. The van der Waals surface area contributed by atoms with E-state index in [0.717, 1.165) is 26.1 Å². The number of nitrogens with zero attached hydrogens (tertiary/aromatic N) is 2. The molecule has 1 rings (SSSR count). The van der Waals surface area contributed by atoms with Crippen LogP contribution in [0.3, 0.4) is 0 Å². The highest BCUT2D eigenvalue weighted by molar-refractivity contribution is 5.70. The third-order valence-electron chi connectivity index (χ3n) is 2.99. The van der Waals surface area contributed by atoms with Crippen molar-refractivity contribution in [2.75, 3.05) is 39.8 Å². The van der Waals surface area contributed by atoms with Gasteiger partial charge in [0.05, 0.1) is 5.92 Å². The number of unbranched alkanes of at least 4 members (excludes halogenated alkanes) is 1. The second kappa shape index (κ2) is 6.08. The van der Waals surface area contributed by atoms with E-state index in [-0.39, 0.29) is 5.92 Å². The maximum Gasteiger partial charge on any atom is 0.309 e. The fourth-order valence-electron chi connectivity index (χ4n) is 1.98. The van der Waals surface area contributed by atoms with Crippen LogP contribution in [0.1, 0.15) is 19.8 Å². The molecule has 1 atom stereocenters. The quantitative estimate of drug-likeness (QED) is 0.749. The van der Waals surface area contributed by atoms with Crippen LogP contribution in [0.15, 0.2) is 0 Å². The van der Waals surface area contributed by atoms with Gasteiger partial charge < -0.3 is 14.9 Å². The van der Waals surface area contributed by atoms with Crippen molar-refractivity contribution in [2.45, 2.75) is 19.8 Å². The van der Waals surface area contributed by atoms with Gasteiger partial charge in [0.15, 0.2) is 0 Å². The van der Waals surface area contributed by atoms with Gasteiger partial charge in [-0.25, -0.2) is 0 Å². The monoisotopic (exact) mass is 214 g/mol. The summed E-state index contributed by atoms with van der Waals surface area (Å²) >= 11 is 0. The van der Waals surface area contributed by atoms with E-state index in [1.165, 1.54) is 6.42 Å². The molecule has 0 spiro atoms. The molecule has 0 amide bonds. The first kappa shape index (κ1) is 12.5. The van der Waals surface area contributed by atoms with Gasteiger partial charge in [0, 0.05) is 26.2 Å². The van der Waals surface area contributed by atoms with Gasteiger partial charge in [0.2, 0.25) is 0 Å². The van der Waals surface area contributed by atoms with Crippen LogP contribution in [0.5, 0.6) is 0 Å². The van der Waals surface area contributed by atoms with E-state index in [2.05, 4.69) is 16.7 Å². The Hall–Kier alpha value is -0.610. The van der Waals surface area contributed by atoms with E-state index in [1.54, 1.807) is 0 Å². The van der Waals surface area contributed by atoms with E-state index >= 15 is 0 Å². The molecule has 1 aliphatic rings. The van der Waals surface area contributed by atoms with Crippen molar-refractivity contribution in [1.29, 1.82) is 0 Å². The fourth-order valence-corrected chi connectivity index (χ4v) is 1.98. The van der Waals surface area contributed by atoms with Crippen LogP contribution in [-0.2, 0) is 4.79 Å². The first-order valence-electron chi connectivity index (χ1n) is 5.77. The Morgan fingerprint density at radius 3 is 2.73 bits per heavy atom. The predicted molar refractivity (Wildman–Crippen MR) is 60.0 cm³/mol. The lowest BCUT2D eigenvalue weighted by molar-refractivity contribution is -0.142. The third kappa shape index (κ3) is 4.18. The number of carbonyl (C=O) groups is 1. The Kier molecular flexibility index (Phi) is 5.05. The Morgan fingerprint density at radius 1 is 1.40 bits per heavy atom. The SMILES string of the molecule is CCCCN1CCN(C)CC(C(=O)O)C1. The Bertz CT molecular complexity index is 209. The van der Waals surface area contributed by atoms with E-state index in [0.29, 0.717) is 13.1 Å². The number of rotatable bonds is 4. The van der Waals surface area contributed by atoms with E-state index in [9.17, 15) is 4.79 Å². The number of carboxylic acid groups (broad SMARTS) is 1. The molecule has 1 saturated heterocycles. The van der Waals surface area contributed by atoms with Crippen LogP contribution in [-0.4, -0.2) is 60.6 Å². The normalized spacial score (nSPS) is 25.1. The molecule has 1 N–H and O–H groups in total. The summed E-state index contributed by atoms with van der Waals surface area (Å²) in [5.41, 5.74) is 0. The number of hydrogen-bond donors (Lipinski definition) is 1. The Labute approximate surface area is 91.9 Å². The molecule has 4 nitrogen and oxygen atoms in total. The van der Waals surface area contributed by atoms with E-state index in [4.69, 9.17) is 5.11 Å². The minimum absolute atomic E-state index is 0.227. The topological polar surface area (TPSA) is 43.8 Å². The van der Waals surface area contributed by atoms with Crippen LogP contribution >= 0.6 is 0 Å². The first-order chi connectivity index (χ1) is 7.13. The maximum atomic E-state index is 11.0. The van der Waals surface area contributed by atoms with Crippen molar-refractivity contribution in [3.05, 3.63) is 0 Å². The Balaban J connectivity index is 2.48. The standard InChI is InChI=1S/C11H22N2O2/c1-3-4-5-13-7-6-12(2)8-10(9-13)11(14)15/h10H,3-9H2,1-2H3,(H,14,15). The van der Waals surface area contributed by atoms with Gasteiger partial charge in [-0.05, 0) is 20.0 Å². The van der Waals surface area contributed by atoms with Gasteiger partial charge in [-0.3, -0.25) is 4.79 Å².